The van der Waals surface area contributed by atoms with E-state index in [4.69, 9.17) is 5.73 Å². The number of hydrogen-bond donors (Lipinski definition) is 1. The number of nitrogens with two attached hydrogens (primary N) is 1. The first-order chi connectivity index (χ1) is 8.19. The average molecular weight is 312 g/mol. The summed E-state index contributed by atoms with van der Waals surface area (Å²) < 4.78 is 2.99. The molecule has 0 aliphatic rings. The van der Waals surface area contributed by atoms with Crippen LogP contribution in [0.15, 0.2) is 40.0 Å². The minimum Gasteiger partial charge on any atom is -0.399 e. The lowest BCUT2D eigenvalue weighted by Crippen LogP contribution is -1.92. The Morgan fingerprint density at radius 2 is 2.29 bits per heavy atom. The third-order valence-electron chi connectivity index (χ3n) is 2.36. The Morgan fingerprint density at radius 3 is 2.94 bits per heavy atom. The number of aryl methyl sites for hydroxylation is 1. The fraction of sp³-hybridized carbons (Fsp3) is 0.250. The van der Waals surface area contributed by atoms with Crippen molar-refractivity contribution in [1.82, 2.24) is 9.78 Å². The zero-order chi connectivity index (χ0) is 12.3. The molecule has 2 rings (SSSR count). The fourth-order valence-corrected chi connectivity index (χ4v) is 3.02. The van der Waals surface area contributed by atoms with Gasteiger partial charge in [0.05, 0.1) is 6.20 Å². The lowest BCUT2D eigenvalue weighted by molar-refractivity contribution is 0.659. The zero-order valence-corrected chi connectivity index (χ0v) is 12.0. The second kappa shape index (κ2) is 5.60. The topological polar surface area (TPSA) is 43.8 Å². The van der Waals surface area contributed by atoms with Crippen LogP contribution in [0.4, 0.5) is 5.69 Å². The summed E-state index contributed by atoms with van der Waals surface area (Å²) in [4.78, 5) is 1.20. The van der Waals surface area contributed by atoms with Gasteiger partial charge in [0, 0.05) is 39.1 Å². The van der Waals surface area contributed by atoms with E-state index >= 15 is 0 Å². The van der Waals surface area contributed by atoms with Gasteiger partial charge >= 0.3 is 0 Å². The molecule has 0 saturated carbocycles. The maximum absolute atomic E-state index is 5.70. The first-order valence-corrected chi connectivity index (χ1v) is 7.16. The molecule has 2 aromatic rings. The van der Waals surface area contributed by atoms with Gasteiger partial charge in [0.1, 0.15) is 0 Å². The molecule has 0 spiro atoms. The lowest BCUT2D eigenvalue weighted by Gasteiger charge is -2.03. The number of hydrogen-bond acceptors (Lipinski definition) is 3. The third kappa shape index (κ3) is 3.26. The third-order valence-corrected chi connectivity index (χ3v) is 4.42. The molecule has 0 amide bonds. The maximum atomic E-state index is 5.70. The van der Waals surface area contributed by atoms with E-state index in [9.17, 15) is 0 Å². The maximum Gasteiger partial charge on any atom is 0.0530 e. The summed E-state index contributed by atoms with van der Waals surface area (Å²) in [6.07, 6.45) is 4.00. The summed E-state index contributed by atoms with van der Waals surface area (Å²) in [7, 11) is 0. The number of aromatic nitrogens is 2. The lowest BCUT2D eigenvalue weighted by atomic mass is 10.3. The highest BCUT2D eigenvalue weighted by molar-refractivity contribution is 9.10. The molecule has 0 aliphatic heterocycles. The number of rotatable bonds is 4. The normalized spacial score (nSPS) is 10.7. The van der Waals surface area contributed by atoms with E-state index in [0.29, 0.717) is 0 Å². The van der Waals surface area contributed by atoms with Crippen molar-refractivity contribution in [2.45, 2.75) is 24.1 Å². The molecule has 0 unspecified atom stereocenters. The Bertz CT molecular complexity index is 510. The number of anilines is 1. The molecule has 1 aromatic carbocycles. The van der Waals surface area contributed by atoms with E-state index in [0.717, 1.165) is 22.5 Å². The van der Waals surface area contributed by atoms with Crippen LogP contribution in [0.25, 0.3) is 0 Å². The molecule has 0 bridgehead atoms. The Balaban J connectivity index is 2.02. The van der Waals surface area contributed by atoms with Gasteiger partial charge in [-0.3, -0.25) is 4.68 Å². The van der Waals surface area contributed by atoms with Crippen LogP contribution in [0, 0.1) is 0 Å². The first-order valence-electron chi connectivity index (χ1n) is 5.38. The predicted octanol–water partition coefficient (Wildman–Crippen LogP) is 3.54. The first kappa shape index (κ1) is 12.5. The average Bonchev–Trinajstić information content (AvgIpc) is 2.76. The minimum atomic E-state index is 0.778. The van der Waals surface area contributed by atoms with Crippen molar-refractivity contribution in [2.24, 2.45) is 0 Å². The van der Waals surface area contributed by atoms with Crippen molar-refractivity contribution in [3.8, 4) is 0 Å². The van der Waals surface area contributed by atoms with Gasteiger partial charge in [-0.2, -0.15) is 5.10 Å². The molecule has 3 nitrogen and oxygen atoms in total. The van der Waals surface area contributed by atoms with Crippen molar-refractivity contribution in [1.29, 1.82) is 0 Å². The summed E-state index contributed by atoms with van der Waals surface area (Å²) in [5, 5.41) is 4.26. The van der Waals surface area contributed by atoms with Gasteiger partial charge in [-0.05, 0) is 41.1 Å². The van der Waals surface area contributed by atoms with Crippen LogP contribution in [-0.2, 0) is 12.3 Å². The van der Waals surface area contributed by atoms with Crippen LogP contribution < -0.4 is 5.73 Å². The Labute approximate surface area is 114 Å². The molecule has 5 heteroatoms. The molecule has 0 saturated heterocycles. The molecule has 0 radical (unpaired) electrons. The number of halogens is 1. The molecular formula is C12H14BrN3S. The second-order valence-corrected chi connectivity index (χ2v) is 5.55. The smallest absolute Gasteiger partial charge is 0.0530 e. The van der Waals surface area contributed by atoms with E-state index in [1.165, 1.54) is 10.5 Å². The van der Waals surface area contributed by atoms with Crippen LogP contribution in [-0.4, -0.2) is 9.78 Å². The van der Waals surface area contributed by atoms with Crippen molar-refractivity contribution in [2.75, 3.05) is 5.73 Å². The molecule has 1 aromatic heterocycles. The second-order valence-electron chi connectivity index (χ2n) is 3.68. The highest BCUT2D eigenvalue weighted by atomic mass is 79.9. The molecule has 0 aliphatic carbocycles. The molecule has 90 valence electrons. The van der Waals surface area contributed by atoms with Crippen LogP contribution >= 0.6 is 27.7 Å². The van der Waals surface area contributed by atoms with Crippen LogP contribution in [0.3, 0.4) is 0 Å². The number of nitrogens with zero attached hydrogens (tertiary/aromatic N) is 2. The SMILES string of the molecule is CCn1cc(CSc2ccc(N)cc2Br)cn1. The van der Waals surface area contributed by atoms with Gasteiger partial charge in [-0.1, -0.05) is 0 Å². The summed E-state index contributed by atoms with van der Waals surface area (Å²) in [5.41, 5.74) is 7.72. The highest BCUT2D eigenvalue weighted by Gasteiger charge is 2.03. The van der Waals surface area contributed by atoms with Crippen molar-refractivity contribution < 1.29 is 0 Å². The molecule has 1 heterocycles. The fourth-order valence-electron chi connectivity index (χ4n) is 1.45. The molecular weight excluding hydrogens is 298 g/mol. The quantitative estimate of drug-likeness (QED) is 0.694. The van der Waals surface area contributed by atoms with Gasteiger partial charge in [-0.25, -0.2) is 0 Å². The van der Waals surface area contributed by atoms with E-state index in [1.54, 1.807) is 11.8 Å². The van der Waals surface area contributed by atoms with Gasteiger partial charge in [0.15, 0.2) is 0 Å². The van der Waals surface area contributed by atoms with E-state index in [-0.39, 0.29) is 0 Å². The zero-order valence-electron chi connectivity index (χ0n) is 9.56. The van der Waals surface area contributed by atoms with Crippen LogP contribution in [0.1, 0.15) is 12.5 Å². The summed E-state index contributed by atoms with van der Waals surface area (Å²) in [6.45, 7) is 3.00. The Hall–Kier alpha value is -0.940. The monoisotopic (exact) mass is 311 g/mol. The van der Waals surface area contributed by atoms with Gasteiger partial charge < -0.3 is 5.73 Å². The summed E-state index contributed by atoms with van der Waals surface area (Å²) in [5.74, 6) is 0.919. The summed E-state index contributed by atoms with van der Waals surface area (Å²) >= 11 is 5.29. The van der Waals surface area contributed by atoms with Crippen molar-refractivity contribution in [3.05, 3.63) is 40.6 Å². The highest BCUT2D eigenvalue weighted by Crippen LogP contribution is 2.31. The largest absolute Gasteiger partial charge is 0.399 e. The Morgan fingerprint density at radius 1 is 1.47 bits per heavy atom. The molecule has 2 N–H and O–H groups in total. The van der Waals surface area contributed by atoms with Crippen molar-refractivity contribution in [3.63, 3.8) is 0 Å². The standard InChI is InChI=1S/C12H14BrN3S/c1-2-16-7-9(6-15-16)8-17-12-4-3-10(14)5-11(12)13/h3-7H,2,8,14H2,1H3. The van der Waals surface area contributed by atoms with Gasteiger partial charge in [0.25, 0.3) is 0 Å². The summed E-state index contributed by atoms with van der Waals surface area (Å²) in [6, 6.07) is 5.88. The molecule has 0 fully saturated rings. The van der Waals surface area contributed by atoms with E-state index in [1.807, 2.05) is 29.1 Å². The van der Waals surface area contributed by atoms with Gasteiger partial charge in [0.2, 0.25) is 0 Å². The van der Waals surface area contributed by atoms with E-state index in [2.05, 4.69) is 34.1 Å². The Kier molecular flexibility index (Phi) is 4.12. The predicted molar refractivity (Wildman–Crippen MR) is 76.0 cm³/mol. The molecule has 0 atom stereocenters. The van der Waals surface area contributed by atoms with Gasteiger partial charge in [-0.15, -0.1) is 11.8 Å². The molecule has 17 heavy (non-hydrogen) atoms. The van der Waals surface area contributed by atoms with Crippen LogP contribution in [0.2, 0.25) is 0 Å². The number of thioether (sulfide) groups is 1. The van der Waals surface area contributed by atoms with Crippen molar-refractivity contribution >= 4 is 33.4 Å². The minimum absolute atomic E-state index is 0.778. The number of benzene rings is 1. The van der Waals surface area contributed by atoms with E-state index < -0.39 is 0 Å². The van der Waals surface area contributed by atoms with Crippen LogP contribution in [0.5, 0.6) is 0 Å². The number of nitrogen functional groups attached to an aromatic ring is 1.